The third kappa shape index (κ3) is 3.08. The first-order valence-corrected chi connectivity index (χ1v) is 11.9. The minimum absolute atomic E-state index is 0.569. The summed E-state index contributed by atoms with van der Waals surface area (Å²) in [5.74, 6) is 1.25. The summed E-state index contributed by atoms with van der Waals surface area (Å²) in [6.07, 6.45) is 0.644. The molecule has 0 aliphatic carbocycles. The van der Waals surface area contributed by atoms with Crippen molar-refractivity contribution in [3.05, 3.63) is 83.9 Å². The number of benzene rings is 4. The zero-order valence-corrected chi connectivity index (χ0v) is 18.1. The van der Waals surface area contributed by atoms with Crippen LogP contribution in [0.4, 0.5) is 0 Å². The van der Waals surface area contributed by atoms with E-state index in [1.54, 1.807) is 4.67 Å². The van der Waals surface area contributed by atoms with Gasteiger partial charge in [0.15, 0.2) is 0 Å². The van der Waals surface area contributed by atoms with Crippen molar-refractivity contribution in [2.75, 3.05) is 13.1 Å². The molecule has 5 rings (SSSR count). The molecule has 0 spiro atoms. The van der Waals surface area contributed by atoms with Crippen LogP contribution in [-0.4, -0.2) is 17.8 Å². The Morgan fingerprint density at radius 1 is 0.733 bits per heavy atom. The zero-order chi connectivity index (χ0) is 20.7. The quantitative estimate of drug-likeness (QED) is 0.344. The highest BCUT2D eigenvalue weighted by atomic mass is 31.2. The van der Waals surface area contributed by atoms with Crippen LogP contribution in [0.1, 0.15) is 25.0 Å². The molecule has 4 nitrogen and oxygen atoms in total. The van der Waals surface area contributed by atoms with Crippen LogP contribution in [0.3, 0.4) is 0 Å². The maximum Gasteiger partial charge on any atom is 0.515 e. The van der Waals surface area contributed by atoms with Crippen molar-refractivity contribution >= 4 is 29.3 Å². The molecule has 0 radical (unpaired) electrons. The number of hydrogen-bond acceptors (Lipinski definition) is 3. The van der Waals surface area contributed by atoms with Gasteiger partial charge in [-0.1, -0.05) is 74.5 Å². The maximum absolute atomic E-state index is 14.0. The van der Waals surface area contributed by atoms with Crippen molar-refractivity contribution in [1.29, 1.82) is 0 Å². The predicted octanol–water partition coefficient (Wildman–Crippen LogP) is 6.80. The molecule has 1 aliphatic rings. The fourth-order valence-corrected chi connectivity index (χ4v) is 6.10. The Bertz CT molecular complexity index is 1210. The zero-order valence-electron chi connectivity index (χ0n) is 17.2. The van der Waals surface area contributed by atoms with Gasteiger partial charge in [-0.25, -0.2) is 4.57 Å². The number of rotatable bonds is 3. The van der Waals surface area contributed by atoms with Crippen LogP contribution in [0.5, 0.6) is 11.5 Å². The maximum atomic E-state index is 14.0. The average Bonchev–Trinajstić information content (AvgIpc) is 2.76. The first-order chi connectivity index (χ1) is 14.6. The first kappa shape index (κ1) is 19.2. The van der Waals surface area contributed by atoms with E-state index in [1.807, 2.05) is 62.4 Å². The molecular formula is C25H24NO3P. The highest BCUT2D eigenvalue weighted by Gasteiger charge is 2.38. The number of hydrogen-bond donors (Lipinski definition) is 0. The van der Waals surface area contributed by atoms with Gasteiger partial charge in [0.25, 0.3) is 0 Å². The van der Waals surface area contributed by atoms with Crippen LogP contribution in [0.15, 0.2) is 72.8 Å². The highest BCUT2D eigenvalue weighted by Crippen LogP contribution is 2.55. The van der Waals surface area contributed by atoms with E-state index in [1.165, 1.54) is 0 Å². The molecule has 0 fully saturated rings. The van der Waals surface area contributed by atoms with Crippen molar-refractivity contribution in [3.8, 4) is 11.5 Å². The molecule has 0 aromatic heterocycles. The molecule has 0 N–H and O–H groups in total. The van der Waals surface area contributed by atoms with Crippen LogP contribution < -0.4 is 9.05 Å². The summed E-state index contributed by atoms with van der Waals surface area (Å²) in [6, 6.07) is 24.4. The van der Waals surface area contributed by atoms with Gasteiger partial charge >= 0.3 is 7.75 Å². The van der Waals surface area contributed by atoms with E-state index in [0.29, 0.717) is 31.0 Å². The summed E-state index contributed by atoms with van der Waals surface area (Å²) in [5.41, 5.74) is 2.09. The largest absolute Gasteiger partial charge is 0.515 e. The van der Waals surface area contributed by atoms with Gasteiger partial charge in [0.1, 0.15) is 11.5 Å². The predicted molar refractivity (Wildman–Crippen MR) is 122 cm³/mol. The first-order valence-electron chi connectivity index (χ1n) is 10.4. The van der Waals surface area contributed by atoms with Crippen LogP contribution in [0.2, 0.25) is 0 Å². The molecule has 30 heavy (non-hydrogen) atoms. The highest BCUT2D eigenvalue weighted by molar-refractivity contribution is 7.52. The average molecular weight is 417 g/mol. The van der Waals surface area contributed by atoms with Gasteiger partial charge in [-0.15, -0.1) is 0 Å². The van der Waals surface area contributed by atoms with Gasteiger partial charge in [-0.3, -0.25) is 0 Å². The normalized spacial score (nSPS) is 15.0. The van der Waals surface area contributed by atoms with Gasteiger partial charge in [0.2, 0.25) is 0 Å². The van der Waals surface area contributed by atoms with Crippen LogP contribution in [0, 0.1) is 0 Å². The third-order valence-corrected chi connectivity index (χ3v) is 7.97. The third-order valence-electron chi connectivity index (χ3n) is 5.85. The van der Waals surface area contributed by atoms with Crippen LogP contribution in [-0.2, 0) is 11.0 Å². The van der Waals surface area contributed by atoms with Gasteiger partial charge in [-0.2, -0.15) is 4.67 Å². The Morgan fingerprint density at radius 3 is 1.67 bits per heavy atom. The minimum atomic E-state index is -3.58. The van der Waals surface area contributed by atoms with E-state index in [9.17, 15) is 4.57 Å². The molecule has 1 heterocycles. The van der Waals surface area contributed by atoms with E-state index >= 15 is 0 Å². The Morgan fingerprint density at radius 2 is 1.20 bits per heavy atom. The van der Waals surface area contributed by atoms with E-state index in [4.69, 9.17) is 9.05 Å². The summed E-state index contributed by atoms with van der Waals surface area (Å²) in [5, 5.41) is 4.50. The van der Waals surface area contributed by atoms with Crippen molar-refractivity contribution in [1.82, 2.24) is 4.67 Å². The molecule has 1 aliphatic heterocycles. The minimum Gasteiger partial charge on any atom is -0.404 e. The monoisotopic (exact) mass is 417 g/mol. The lowest BCUT2D eigenvalue weighted by Gasteiger charge is -2.32. The molecule has 0 saturated heterocycles. The van der Waals surface area contributed by atoms with Gasteiger partial charge in [-0.05, 0) is 33.7 Å². The van der Waals surface area contributed by atoms with Crippen LogP contribution >= 0.6 is 7.75 Å². The smallest absolute Gasteiger partial charge is 0.404 e. The van der Waals surface area contributed by atoms with Gasteiger partial charge in [0.05, 0.1) is 0 Å². The molecular weight excluding hydrogens is 393 g/mol. The van der Waals surface area contributed by atoms with Crippen LogP contribution in [0.25, 0.3) is 21.5 Å². The second-order valence-corrected chi connectivity index (χ2v) is 9.36. The molecule has 0 atom stereocenters. The molecule has 0 unspecified atom stereocenters. The fraction of sp³-hybridized carbons (Fsp3) is 0.200. The molecule has 4 aromatic rings. The summed E-state index contributed by atoms with van der Waals surface area (Å²) in [6.45, 7) is 5.08. The Kier molecular flexibility index (Phi) is 4.77. The SMILES string of the molecule is CCN(CC)P1(=O)Oc2ccc3ccccc3c2Cc2c(ccc3ccccc23)O1. The lowest BCUT2D eigenvalue weighted by atomic mass is 9.93. The fourth-order valence-electron chi connectivity index (χ4n) is 4.30. The Hall–Kier alpha value is -2.81. The second kappa shape index (κ2) is 7.46. The van der Waals surface area contributed by atoms with Gasteiger partial charge < -0.3 is 9.05 Å². The second-order valence-electron chi connectivity index (χ2n) is 7.49. The van der Waals surface area contributed by atoms with Crippen molar-refractivity contribution in [2.45, 2.75) is 20.3 Å². The number of nitrogens with zero attached hydrogens (tertiary/aromatic N) is 1. The lowest BCUT2D eigenvalue weighted by Crippen LogP contribution is -2.26. The summed E-state index contributed by atoms with van der Waals surface area (Å²) in [4.78, 5) is 0. The number of fused-ring (bicyclic) bond motifs is 6. The van der Waals surface area contributed by atoms with Crippen molar-refractivity contribution < 1.29 is 13.6 Å². The van der Waals surface area contributed by atoms with Crippen molar-refractivity contribution in [3.63, 3.8) is 0 Å². The van der Waals surface area contributed by atoms with Gasteiger partial charge in [0, 0.05) is 30.6 Å². The van der Waals surface area contributed by atoms with Crippen molar-refractivity contribution in [2.24, 2.45) is 0 Å². The summed E-state index contributed by atoms with van der Waals surface area (Å²) < 4.78 is 28.2. The van der Waals surface area contributed by atoms with E-state index in [-0.39, 0.29) is 0 Å². The Balaban J connectivity index is 1.83. The summed E-state index contributed by atoms with van der Waals surface area (Å²) in [7, 11) is -3.58. The molecule has 0 amide bonds. The molecule has 5 heteroatoms. The van der Waals surface area contributed by atoms with E-state index < -0.39 is 7.75 Å². The molecule has 4 aromatic carbocycles. The molecule has 0 bridgehead atoms. The lowest BCUT2D eigenvalue weighted by molar-refractivity contribution is 0.291. The molecule has 152 valence electrons. The van der Waals surface area contributed by atoms with E-state index in [0.717, 1.165) is 32.7 Å². The molecule has 0 saturated carbocycles. The van der Waals surface area contributed by atoms with E-state index in [2.05, 4.69) is 24.3 Å². The Labute approximate surface area is 176 Å². The summed E-state index contributed by atoms with van der Waals surface area (Å²) >= 11 is 0. The standard InChI is InChI=1S/C25H24NO3P/c1-3-26(4-2)30(27)28-24-15-13-18-9-5-7-11-20(18)22(24)17-23-21-12-8-6-10-19(21)14-16-25(23)29-30/h5-16H,3-4,17H2,1-2H3. The topological polar surface area (TPSA) is 38.8 Å².